The van der Waals surface area contributed by atoms with Crippen molar-refractivity contribution < 1.29 is 0 Å². The van der Waals surface area contributed by atoms with Crippen molar-refractivity contribution in [1.29, 1.82) is 0 Å². The van der Waals surface area contributed by atoms with Gasteiger partial charge in [0.15, 0.2) is 0 Å². The van der Waals surface area contributed by atoms with Crippen LogP contribution in [0.3, 0.4) is 0 Å². The van der Waals surface area contributed by atoms with Crippen molar-refractivity contribution in [3.8, 4) is 0 Å². The molecule has 2 heteroatoms. The van der Waals surface area contributed by atoms with E-state index < -0.39 is 0 Å². The van der Waals surface area contributed by atoms with E-state index in [1.54, 1.807) is 5.56 Å². The van der Waals surface area contributed by atoms with Crippen LogP contribution in [-0.4, -0.2) is 23.0 Å². The molecule has 1 saturated heterocycles. The summed E-state index contributed by atoms with van der Waals surface area (Å²) in [4.78, 5) is 6.49. The first-order valence-electron chi connectivity index (χ1n) is 8.10. The lowest BCUT2D eigenvalue weighted by Gasteiger charge is -2.43. The molecule has 106 valence electrons. The number of nitrogens with one attached hydrogen (secondary N) is 1. The van der Waals surface area contributed by atoms with Gasteiger partial charge in [-0.1, -0.05) is 38.5 Å². The minimum atomic E-state index is 0.640. The van der Waals surface area contributed by atoms with E-state index in [-0.39, 0.29) is 0 Å². The van der Waals surface area contributed by atoms with Crippen molar-refractivity contribution in [2.24, 2.45) is 5.92 Å². The average molecular weight is 268 g/mol. The molecule has 0 amide bonds. The number of benzene rings is 1. The van der Waals surface area contributed by atoms with E-state index in [4.69, 9.17) is 0 Å². The van der Waals surface area contributed by atoms with Gasteiger partial charge in [-0.25, -0.2) is 0 Å². The maximum atomic E-state index is 3.76. The smallest absolute Gasteiger partial charge is 0.0501 e. The van der Waals surface area contributed by atoms with Crippen molar-refractivity contribution in [3.05, 3.63) is 35.5 Å². The van der Waals surface area contributed by atoms with E-state index in [9.17, 15) is 0 Å². The number of piperidine rings is 1. The van der Waals surface area contributed by atoms with Crippen molar-refractivity contribution in [2.75, 3.05) is 13.1 Å². The largest absolute Gasteiger partial charge is 0.357 e. The standard InChI is InChI=1S/C18H24N2/c1-12(2)14-11-20-10-6-5-9-16(20)18-17(14)13-7-3-4-8-15(13)19-18/h3-4,7-8,12,14,16,19H,5-6,9-11H2,1-2H3. The molecule has 2 aliphatic heterocycles. The zero-order valence-electron chi connectivity index (χ0n) is 12.5. The summed E-state index contributed by atoms with van der Waals surface area (Å²) in [5, 5.41) is 1.46. The van der Waals surface area contributed by atoms with Gasteiger partial charge in [0.25, 0.3) is 0 Å². The lowest BCUT2D eigenvalue weighted by atomic mass is 9.79. The van der Waals surface area contributed by atoms with Crippen LogP contribution in [0.15, 0.2) is 24.3 Å². The highest BCUT2D eigenvalue weighted by Gasteiger charge is 2.37. The first kappa shape index (κ1) is 12.5. The molecule has 0 saturated carbocycles. The molecule has 1 aromatic carbocycles. The second-order valence-electron chi connectivity index (χ2n) is 6.85. The predicted octanol–water partition coefficient (Wildman–Crippen LogP) is 4.45. The summed E-state index contributed by atoms with van der Waals surface area (Å²) in [6.45, 7) is 7.28. The molecule has 2 atom stereocenters. The molecule has 2 aromatic rings. The summed E-state index contributed by atoms with van der Waals surface area (Å²) in [5.41, 5.74) is 4.48. The van der Waals surface area contributed by atoms with Crippen molar-refractivity contribution in [1.82, 2.24) is 9.88 Å². The zero-order chi connectivity index (χ0) is 13.7. The van der Waals surface area contributed by atoms with E-state index in [0.29, 0.717) is 17.9 Å². The Morgan fingerprint density at radius 1 is 1.20 bits per heavy atom. The van der Waals surface area contributed by atoms with Crippen molar-refractivity contribution in [2.45, 2.75) is 45.1 Å². The number of hydrogen-bond acceptors (Lipinski definition) is 1. The molecule has 2 aliphatic rings. The summed E-state index contributed by atoms with van der Waals surface area (Å²) in [5.74, 6) is 1.38. The Morgan fingerprint density at radius 2 is 2.05 bits per heavy atom. The van der Waals surface area contributed by atoms with E-state index in [0.717, 1.165) is 0 Å². The van der Waals surface area contributed by atoms with E-state index in [1.807, 2.05) is 0 Å². The van der Waals surface area contributed by atoms with Gasteiger partial charge in [0.05, 0.1) is 6.04 Å². The van der Waals surface area contributed by atoms with Crippen LogP contribution in [0.5, 0.6) is 0 Å². The van der Waals surface area contributed by atoms with Crippen LogP contribution in [0, 0.1) is 5.92 Å². The minimum Gasteiger partial charge on any atom is -0.357 e. The minimum absolute atomic E-state index is 0.640. The molecule has 0 spiro atoms. The lowest BCUT2D eigenvalue weighted by Crippen LogP contribution is -2.41. The van der Waals surface area contributed by atoms with Crippen LogP contribution < -0.4 is 0 Å². The third-order valence-electron chi connectivity index (χ3n) is 5.33. The molecule has 0 aliphatic carbocycles. The Bertz CT molecular complexity index is 625. The van der Waals surface area contributed by atoms with Gasteiger partial charge in [-0.15, -0.1) is 0 Å². The highest BCUT2D eigenvalue weighted by atomic mass is 15.2. The maximum absolute atomic E-state index is 3.76. The van der Waals surface area contributed by atoms with Crippen LogP contribution >= 0.6 is 0 Å². The Hall–Kier alpha value is -1.28. The van der Waals surface area contributed by atoms with Gasteiger partial charge in [0.1, 0.15) is 0 Å². The Morgan fingerprint density at radius 3 is 2.90 bits per heavy atom. The summed E-state index contributed by atoms with van der Waals surface area (Å²) < 4.78 is 0. The lowest BCUT2D eigenvalue weighted by molar-refractivity contribution is 0.112. The third-order valence-corrected chi connectivity index (χ3v) is 5.33. The Kier molecular flexibility index (Phi) is 2.88. The Balaban J connectivity index is 1.92. The van der Waals surface area contributed by atoms with Crippen molar-refractivity contribution in [3.63, 3.8) is 0 Å². The number of aromatic amines is 1. The van der Waals surface area contributed by atoms with Gasteiger partial charge in [0.2, 0.25) is 0 Å². The molecule has 2 unspecified atom stereocenters. The topological polar surface area (TPSA) is 19.0 Å². The summed E-state index contributed by atoms with van der Waals surface area (Å²) in [6.07, 6.45) is 4.07. The molecular weight excluding hydrogens is 244 g/mol. The Labute approximate surface area is 121 Å². The quantitative estimate of drug-likeness (QED) is 0.809. The zero-order valence-corrected chi connectivity index (χ0v) is 12.5. The SMILES string of the molecule is CC(C)C1CN2CCCCC2c2[nH]c3ccccc3c21. The number of hydrogen-bond donors (Lipinski definition) is 1. The average Bonchev–Trinajstić information content (AvgIpc) is 2.86. The monoisotopic (exact) mass is 268 g/mol. The third kappa shape index (κ3) is 1.74. The van der Waals surface area contributed by atoms with Gasteiger partial charge in [0, 0.05) is 29.1 Å². The highest BCUT2D eigenvalue weighted by molar-refractivity contribution is 5.85. The molecule has 1 aromatic heterocycles. The van der Waals surface area contributed by atoms with E-state index in [2.05, 4.69) is 48.0 Å². The van der Waals surface area contributed by atoms with Crippen molar-refractivity contribution >= 4 is 10.9 Å². The molecule has 4 rings (SSSR count). The van der Waals surface area contributed by atoms with E-state index in [1.165, 1.54) is 48.9 Å². The fraction of sp³-hybridized carbons (Fsp3) is 0.556. The number of para-hydroxylation sites is 1. The fourth-order valence-corrected chi connectivity index (χ4v) is 4.27. The van der Waals surface area contributed by atoms with Gasteiger partial charge in [-0.05, 0) is 36.9 Å². The number of nitrogens with zero attached hydrogens (tertiary/aromatic N) is 1. The number of H-pyrrole nitrogens is 1. The molecule has 0 radical (unpaired) electrons. The number of aromatic nitrogens is 1. The predicted molar refractivity (Wildman–Crippen MR) is 84.0 cm³/mol. The first-order chi connectivity index (χ1) is 9.75. The van der Waals surface area contributed by atoms with Crippen LogP contribution in [0.1, 0.15) is 56.3 Å². The van der Waals surface area contributed by atoms with Gasteiger partial charge >= 0.3 is 0 Å². The highest BCUT2D eigenvalue weighted by Crippen LogP contribution is 2.46. The summed E-state index contributed by atoms with van der Waals surface area (Å²) in [7, 11) is 0. The number of fused-ring (bicyclic) bond motifs is 5. The van der Waals surface area contributed by atoms with E-state index >= 15 is 0 Å². The van der Waals surface area contributed by atoms with Crippen LogP contribution in [0.4, 0.5) is 0 Å². The molecule has 1 N–H and O–H groups in total. The van der Waals surface area contributed by atoms with Gasteiger partial charge in [-0.3, -0.25) is 4.90 Å². The van der Waals surface area contributed by atoms with Gasteiger partial charge < -0.3 is 4.98 Å². The molecular formula is C18H24N2. The first-order valence-corrected chi connectivity index (χ1v) is 8.10. The maximum Gasteiger partial charge on any atom is 0.0501 e. The fourth-order valence-electron chi connectivity index (χ4n) is 4.27. The second kappa shape index (κ2) is 4.63. The summed E-state index contributed by atoms with van der Waals surface area (Å²) in [6, 6.07) is 9.51. The molecule has 20 heavy (non-hydrogen) atoms. The molecule has 1 fully saturated rings. The normalized spacial score (nSPS) is 26.8. The van der Waals surface area contributed by atoms with Crippen LogP contribution in [0.25, 0.3) is 10.9 Å². The second-order valence-corrected chi connectivity index (χ2v) is 6.85. The van der Waals surface area contributed by atoms with Crippen LogP contribution in [-0.2, 0) is 0 Å². The molecule has 0 bridgehead atoms. The summed E-state index contributed by atoms with van der Waals surface area (Å²) >= 11 is 0. The van der Waals surface area contributed by atoms with Crippen LogP contribution in [0.2, 0.25) is 0 Å². The molecule has 2 nitrogen and oxygen atoms in total. The molecule has 3 heterocycles. The van der Waals surface area contributed by atoms with Gasteiger partial charge in [-0.2, -0.15) is 0 Å². The number of rotatable bonds is 1.